The summed E-state index contributed by atoms with van der Waals surface area (Å²) < 4.78 is 39.0. The van der Waals surface area contributed by atoms with Gasteiger partial charge in [-0.15, -0.1) is 0 Å². The Morgan fingerprint density at radius 3 is 2.05 bits per heavy atom. The van der Waals surface area contributed by atoms with E-state index >= 15 is 0 Å². The van der Waals surface area contributed by atoms with Gasteiger partial charge in [0.05, 0.1) is 13.2 Å². The van der Waals surface area contributed by atoms with Crippen molar-refractivity contribution in [3.63, 3.8) is 0 Å². The Morgan fingerprint density at radius 2 is 1.58 bits per heavy atom. The SMILES string of the molecule is CCCCCCCCC1=NC=C[NH+]1C.F[B-](F)(F)F. The van der Waals surface area contributed by atoms with Crippen LogP contribution in [0.4, 0.5) is 17.3 Å². The lowest BCUT2D eigenvalue weighted by atomic mass is 10.1. The van der Waals surface area contributed by atoms with Crippen LogP contribution < -0.4 is 4.90 Å². The van der Waals surface area contributed by atoms with Gasteiger partial charge in [-0.3, -0.25) is 4.90 Å². The Morgan fingerprint density at radius 1 is 1.05 bits per heavy atom. The number of rotatable bonds is 7. The number of hydrogen-bond donors (Lipinski definition) is 1. The lowest BCUT2D eigenvalue weighted by Crippen LogP contribution is -3.06. The largest absolute Gasteiger partial charge is 0.673 e. The smallest absolute Gasteiger partial charge is 0.418 e. The molecule has 0 saturated carbocycles. The summed E-state index contributed by atoms with van der Waals surface area (Å²) in [6.07, 6.45) is 13.4. The second kappa shape index (κ2) is 10.0. The molecule has 0 amide bonds. The summed E-state index contributed by atoms with van der Waals surface area (Å²) in [7, 11) is -3.85. The fraction of sp³-hybridized carbons (Fsp3) is 0.750. The monoisotopic (exact) mass is 282 g/mol. The Balaban J connectivity index is 0.000000555. The third kappa shape index (κ3) is 13.4. The second-order valence-corrected chi connectivity index (χ2v) is 4.59. The number of quaternary nitrogens is 1. The number of unbranched alkanes of at least 4 members (excludes halogenated alkanes) is 5. The molecule has 1 heterocycles. The standard InChI is InChI=1S/C12H22N2.BF4/c1-3-4-5-6-7-8-9-12-13-10-11-14(12)2;2-1(3,4)5/h10-11H,3-9H2,1-2H3;/q;-1/p+1. The molecule has 2 nitrogen and oxygen atoms in total. The van der Waals surface area contributed by atoms with Crippen molar-refractivity contribution in [1.82, 2.24) is 0 Å². The van der Waals surface area contributed by atoms with Crippen LogP contribution >= 0.6 is 0 Å². The number of halogens is 4. The summed E-state index contributed by atoms with van der Waals surface area (Å²) in [5, 5.41) is 0. The highest BCUT2D eigenvalue weighted by Crippen LogP contribution is 2.07. The summed E-state index contributed by atoms with van der Waals surface area (Å²) in [6, 6.07) is 0. The Hall–Kier alpha value is -0.845. The minimum Gasteiger partial charge on any atom is -0.418 e. The molecule has 0 spiro atoms. The van der Waals surface area contributed by atoms with Crippen molar-refractivity contribution in [3.05, 3.63) is 12.4 Å². The average molecular weight is 282 g/mol. The van der Waals surface area contributed by atoms with E-state index in [9.17, 15) is 17.3 Å². The molecule has 0 aliphatic carbocycles. The maximum atomic E-state index is 9.75. The summed E-state index contributed by atoms with van der Waals surface area (Å²) in [5.41, 5.74) is 0. The molecule has 0 fully saturated rings. The van der Waals surface area contributed by atoms with Gasteiger partial charge in [0.1, 0.15) is 6.20 Å². The number of aliphatic imine (C=N–C) groups is 1. The molecule has 0 saturated heterocycles. The Labute approximate surface area is 112 Å². The molecule has 1 aliphatic rings. The van der Waals surface area contributed by atoms with E-state index in [-0.39, 0.29) is 0 Å². The molecule has 7 heteroatoms. The molecule has 1 rings (SSSR count). The predicted molar refractivity (Wildman–Crippen MR) is 71.6 cm³/mol. The first kappa shape index (κ1) is 18.2. The van der Waals surface area contributed by atoms with Crippen LogP contribution in [0.5, 0.6) is 0 Å². The third-order valence-corrected chi connectivity index (χ3v) is 2.78. The molecule has 112 valence electrons. The van der Waals surface area contributed by atoms with Crippen LogP contribution in [0.1, 0.15) is 51.9 Å². The lowest BCUT2D eigenvalue weighted by Gasteiger charge is -2.05. The van der Waals surface area contributed by atoms with Gasteiger partial charge in [-0.2, -0.15) is 0 Å². The first-order valence-electron chi connectivity index (χ1n) is 6.79. The highest BCUT2D eigenvalue weighted by Gasteiger charge is 2.20. The van der Waals surface area contributed by atoms with Crippen molar-refractivity contribution in [2.75, 3.05) is 7.05 Å². The van der Waals surface area contributed by atoms with Crippen molar-refractivity contribution >= 4 is 13.1 Å². The molecule has 0 aromatic heterocycles. The quantitative estimate of drug-likeness (QED) is 0.418. The third-order valence-electron chi connectivity index (χ3n) is 2.78. The van der Waals surface area contributed by atoms with Crippen molar-refractivity contribution in [1.29, 1.82) is 0 Å². The van der Waals surface area contributed by atoms with Gasteiger partial charge in [0.15, 0.2) is 0 Å². The Kier molecular flexibility index (Phi) is 9.56. The minimum absolute atomic E-state index is 1.17. The Bertz CT molecular complexity index is 284. The van der Waals surface area contributed by atoms with Crippen LogP contribution in [0.2, 0.25) is 0 Å². The van der Waals surface area contributed by atoms with Gasteiger partial charge in [-0.05, 0) is 6.42 Å². The molecular weight excluding hydrogens is 259 g/mol. The van der Waals surface area contributed by atoms with Crippen LogP contribution in [0, 0.1) is 0 Å². The van der Waals surface area contributed by atoms with E-state index in [0.717, 1.165) is 0 Å². The zero-order chi connectivity index (χ0) is 14.7. The van der Waals surface area contributed by atoms with Crippen molar-refractivity contribution in [2.45, 2.75) is 51.9 Å². The van der Waals surface area contributed by atoms with Gasteiger partial charge in [0.25, 0.3) is 0 Å². The van der Waals surface area contributed by atoms with Crippen LogP contribution in [0.25, 0.3) is 0 Å². The zero-order valence-corrected chi connectivity index (χ0v) is 11.6. The van der Waals surface area contributed by atoms with Gasteiger partial charge in [-0.25, -0.2) is 4.99 Å². The molecule has 0 aromatic rings. The van der Waals surface area contributed by atoms with Crippen LogP contribution in [0.3, 0.4) is 0 Å². The molecule has 1 unspecified atom stereocenters. The molecular formula is C12H23BF4N2. The summed E-state index contributed by atoms with van der Waals surface area (Å²) >= 11 is 0. The topological polar surface area (TPSA) is 16.8 Å². The maximum Gasteiger partial charge on any atom is 0.673 e. The molecule has 0 aromatic carbocycles. The number of hydrogen-bond acceptors (Lipinski definition) is 1. The maximum absolute atomic E-state index is 9.75. The molecule has 19 heavy (non-hydrogen) atoms. The van der Waals surface area contributed by atoms with E-state index < -0.39 is 7.25 Å². The number of nitrogens with one attached hydrogen (secondary N) is 1. The molecule has 0 bridgehead atoms. The number of nitrogens with zero attached hydrogens (tertiary/aromatic N) is 1. The van der Waals surface area contributed by atoms with Gasteiger partial charge >= 0.3 is 7.25 Å². The van der Waals surface area contributed by atoms with Crippen molar-refractivity contribution in [3.8, 4) is 0 Å². The summed E-state index contributed by atoms with van der Waals surface area (Å²) in [6.45, 7) is 2.26. The summed E-state index contributed by atoms with van der Waals surface area (Å²) in [5.74, 6) is 1.31. The fourth-order valence-corrected chi connectivity index (χ4v) is 1.77. The first-order valence-corrected chi connectivity index (χ1v) is 6.79. The van der Waals surface area contributed by atoms with Crippen LogP contribution in [-0.4, -0.2) is 20.1 Å². The van der Waals surface area contributed by atoms with Gasteiger partial charge in [0.2, 0.25) is 5.84 Å². The van der Waals surface area contributed by atoms with E-state index in [2.05, 4.69) is 25.2 Å². The fourth-order valence-electron chi connectivity index (χ4n) is 1.77. The van der Waals surface area contributed by atoms with Crippen molar-refractivity contribution in [2.24, 2.45) is 4.99 Å². The predicted octanol–water partition coefficient (Wildman–Crippen LogP) is 3.44. The van der Waals surface area contributed by atoms with E-state index in [4.69, 9.17) is 0 Å². The molecule has 0 radical (unpaired) electrons. The zero-order valence-electron chi connectivity index (χ0n) is 11.6. The average Bonchev–Trinajstić information content (AvgIpc) is 2.67. The number of amidine groups is 1. The van der Waals surface area contributed by atoms with Crippen LogP contribution in [-0.2, 0) is 0 Å². The van der Waals surface area contributed by atoms with E-state index in [1.165, 1.54) is 55.7 Å². The molecule has 1 aliphatic heterocycles. The second-order valence-electron chi connectivity index (χ2n) is 4.59. The van der Waals surface area contributed by atoms with Gasteiger partial charge in [0, 0.05) is 6.42 Å². The first-order chi connectivity index (χ1) is 8.84. The van der Waals surface area contributed by atoms with E-state index in [0.29, 0.717) is 0 Å². The van der Waals surface area contributed by atoms with E-state index in [1.807, 2.05) is 6.20 Å². The van der Waals surface area contributed by atoms with Gasteiger partial charge in [-0.1, -0.05) is 39.0 Å². The lowest BCUT2D eigenvalue weighted by molar-refractivity contribution is -0.719. The summed E-state index contributed by atoms with van der Waals surface area (Å²) in [4.78, 5) is 5.71. The minimum atomic E-state index is -6.00. The van der Waals surface area contributed by atoms with Crippen molar-refractivity contribution < 1.29 is 22.2 Å². The van der Waals surface area contributed by atoms with Crippen LogP contribution in [0.15, 0.2) is 17.4 Å². The molecule has 1 N–H and O–H groups in total. The van der Waals surface area contributed by atoms with Gasteiger partial charge < -0.3 is 17.3 Å². The highest BCUT2D eigenvalue weighted by atomic mass is 19.5. The highest BCUT2D eigenvalue weighted by molar-refractivity contribution is 6.50. The van der Waals surface area contributed by atoms with E-state index in [1.54, 1.807) is 0 Å². The normalized spacial score (nSPS) is 18.0. The molecule has 1 atom stereocenters.